The number of fused-ring (bicyclic) bond motifs is 1. The Morgan fingerprint density at radius 1 is 1.29 bits per heavy atom. The normalized spacial score (nSPS) is 10.8. The molecule has 0 aliphatic heterocycles. The van der Waals surface area contributed by atoms with E-state index in [4.69, 9.17) is 4.74 Å². The maximum atomic E-state index is 5.45. The highest BCUT2D eigenvalue weighted by Crippen LogP contribution is 2.30. The Hall–Kier alpha value is -1.44. The molecule has 0 spiro atoms. The van der Waals surface area contributed by atoms with Gasteiger partial charge < -0.3 is 9.30 Å². The van der Waals surface area contributed by atoms with Crippen LogP contribution in [0.25, 0.3) is 10.9 Å². The largest absolute Gasteiger partial charge is 0.496 e. The summed E-state index contributed by atoms with van der Waals surface area (Å²) in [6, 6.07) is 6.39. The van der Waals surface area contributed by atoms with Gasteiger partial charge in [0.2, 0.25) is 0 Å². The van der Waals surface area contributed by atoms with Crippen LogP contribution in [0.1, 0.15) is 12.5 Å². The molecule has 0 amide bonds. The molecule has 2 nitrogen and oxygen atoms in total. The van der Waals surface area contributed by atoms with Gasteiger partial charge in [0.15, 0.2) is 0 Å². The molecule has 0 saturated carbocycles. The second-order valence-electron chi connectivity index (χ2n) is 3.47. The van der Waals surface area contributed by atoms with E-state index in [9.17, 15) is 0 Å². The van der Waals surface area contributed by atoms with E-state index >= 15 is 0 Å². The van der Waals surface area contributed by atoms with E-state index in [0.29, 0.717) is 0 Å². The van der Waals surface area contributed by atoms with Crippen LogP contribution in [-0.2, 0) is 13.5 Å². The van der Waals surface area contributed by atoms with E-state index in [2.05, 4.69) is 35.9 Å². The lowest BCUT2D eigenvalue weighted by Crippen LogP contribution is -1.92. The topological polar surface area (TPSA) is 14.2 Å². The van der Waals surface area contributed by atoms with Crippen LogP contribution in [0.3, 0.4) is 0 Å². The number of aryl methyl sites for hydroxylation is 2. The van der Waals surface area contributed by atoms with Crippen molar-refractivity contribution in [1.29, 1.82) is 0 Å². The standard InChI is InChI=1S/C12H15NO/c1-4-9-5-6-11-10(12(9)14-3)7-8-13(11)2/h5-8H,4H2,1-3H3. The number of benzene rings is 1. The zero-order chi connectivity index (χ0) is 10.1. The van der Waals surface area contributed by atoms with Crippen molar-refractivity contribution in [2.24, 2.45) is 7.05 Å². The molecule has 0 fully saturated rings. The Kier molecular flexibility index (Phi) is 2.20. The van der Waals surface area contributed by atoms with Gasteiger partial charge in [-0.1, -0.05) is 13.0 Å². The summed E-state index contributed by atoms with van der Waals surface area (Å²) in [7, 11) is 3.79. The van der Waals surface area contributed by atoms with E-state index < -0.39 is 0 Å². The van der Waals surface area contributed by atoms with Crippen LogP contribution in [0, 0.1) is 0 Å². The Bertz CT molecular complexity index is 457. The van der Waals surface area contributed by atoms with Crippen molar-refractivity contribution in [3.05, 3.63) is 30.0 Å². The first kappa shape index (κ1) is 9.13. The second-order valence-corrected chi connectivity index (χ2v) is 3.47. The van der Waals surface area contributed by atoms with Crippen molar-refractivity contribution < 1.29 is 4.74 Å². The van der Waals surface area contributed by atoms with Crippen molar-refractivity contribution in [2.75, 3.05) is 7.11 Å². The number of hydrogen-bond donors (Lipinski definition) is 0. The molecular weight excluding hydrogens is 174 g/mol. The van der Waals surface area contributed by atoms with Gasteiger partial charge in [-0.15, -0.1) is 0 Å². The molecule has 2 heteroatoms. The van der Waals surface area contributed by atoms with Crippen molar-refractivity contribution in [2.45, 2.75) is 13.3 Å². The summed E-state index contributed by atoms with van der Waals surface area (Å²) >= 11 is 0. The molecule has 1 heterocycles. The maximum Gasteiger partial charge on any atom is 0.131 e. The van der Waals surface area contributed by atoms with E-state index in [1.54, 1.807) is 7.11 Å². The third kappa shape index (κ3) is 1.18. The quantitative estimate of drug-likeness (QED) is 0.708. The van der Waals surface area contributed by atoms with Crippen molar-refractivity contribution in [3.8, 4) is 5.75 Å². The van der Waals surface area contributed by atoms with Crippen LogP contribution in [-0.4, -0.2) is 11.7 Å². The highest BCUT2D eigenvalue weighted by molar-refractivity contribution is 5.87. The van der Waals surface area contributed by atoms with Gasteiger partial charge in [0.25, 0.3) is 0 Å². The van der Waals surface area contributed by atoms with E-state index in [1.807, 2.05) is 7.05 Å². The molecule has 0 saturated heterocycles. The predicted molar refractivity (Wildman–Crippen MR) is 58.8 cm³/mol. The first-order chi connectivity index (χ1) is 6.77. The Labute approximate surface area is 84.1 Å². The number of aromatic nitrogens is 1. The number of ether oxygens (including phenoxy) is 1. The summed E-state index contributed by atoms with van der Waals surface area (Å²) in [6.45, 7) is 2.15. The predicted octanol–water partition coefficient (Wildman–Crippen LogP) is 2.75. The molecular formula is C12H15NO. The summed E-state index contributed by atoms with van der Waals surface area (Å²) in [5.41, 5.74) is 2.49. The van der Waals surface area contributed by atoms with Crippen LogP contribution in [0.5, 0.6) is 5.75 Å². The summed E-state index contributed by atoms with van der Waals surface area (Å²) in [5.74, 6) is 1.02. The van der Waals surface area contributed by atoms with Crippen LogP contribution in [0.15, 0.2) is 24.4 Å². The first-order valence-corrected chi connectivity index (χ1v) is 4.88. The molecule has 0 aliphatic rings. The third-order valence-corrected chi connectivity index (χ3v) is 2.68. The van der Waals surface area contributed by atoms with Gasteiger partial charge in [-0.2, -0.15) is 0 Å². The number of rotatable bonds is 2. The summed E-state index contributed by atoms with van der Waals surface area (Å²) in [4.78, 5) is 0. The lowest BCUT2D eigenvalue weighted by Gasteiger charge is -2.08. The monoisotopic (exact) mass is 189 g/mol. The first-order valence-electron chi connectivity index (χ1n) is 4.88. The molecule has 0 N–H and O–H groups in total. The van der Waals surface area contributed by atoms with Gasteiger partial charge in [0.05, 0.1) is 12.6 Å². The minimum atomic E-state index is 1.01. The van der Waals surface area contributed by atoms with Gasteiger partial charge in [-0.3, -0.25) is 0 Å². The lowest BCUT2D eigenvalue weighted by molar-refractivity contribution is 0.415. The fraction of sp³-hybridized carbons (Fsp3) is 0.333. The van der Waals surface area contributed by atoms with E-state index in [0.717, 1.165) is 12.2 Å². The van der Waals surface area contributed by atoms with Crippen LogP contribution in [0.4, 0.5) is 0 Å². The fourth-order valence-electron chi connectivity index (χ4n) is 1.89. The van der Waals surface area contributed by atoms with Gasteiger partial charge >= 0.3 is 0 Å². The minimum absolute atomic E-state index is 1.01. The number of nitrogens with zero attached hydrogens (tertiary/aromatic N) is 1. The average molecular weight is 189 g/mol. The van der Waals surface area contributed by atoms with Gasteiger partial charge in [0.1, 0.15) is 5.75 Å². The molecule has 0 aliphatic carbocycles. The van der Waals surface area contributed by atoms with Crippen LogP contribution >= 0.6 is 0 Å². The molecule has 0 atom stereocenters. The van der Waals surface area contributed by atoms with Gasteiger partial charge in [-0.05, 0) is 24.1 Å². The van der Waals surface area contributed by atoms with Crippen molar-refractivity contribution in [1.82, 2.24) is 4.57 Å². The smallest absolute Gasteiger partial charge is 0.131 e. The molecule has 0 radical (unpaired) electrons. The zero-order valence-electron chi connectivity index (χ0n) is 8.87. The molecule has 1 aromatic heterocycles. The van der Waals surface area contributed by atoms with Crippen LogP contribution < -0.4 is 4.74 Å². The minimum Gasteiger partial charge on any atom is -0.496 e. The number of methoxy groups -OCH3 is 1. The Morgan fingerprint density at radius 2 is 2.07 bits per heavy atom. The second kappa shape index (κ2) is 3.37. The molecule has 74 valence electrons. The molecule has 2 rings (SSSR count). The van der Waals surface area contributed by atoms with Crippen molar-refractivity contribution in [3.63, 3.8) is 0 Å². The SMILES string of the molecule is CCc1ccc2c(ccn2C)c1OC. The molecule has 2 aromatic rings. The van der Waals surface area contributed by atoms with Gasteiger partial charge in [0, 0.05) is 18.6 Å². The fourth-order valence-corrected chi connectivity index (χ4v) is 1.89. The Morgan fingerprint density at radius 3 is 2.71 bits per heavy atom. The molecule has 14 heavy (non-hydrogen) atoms. The maximum absolute atomic E-state index is 5.45. The van der Waals surface area contributed by atoms with E-state index in [-0.39, 0.29) is 0 Å². The highest BCUT2D eigenvalue weighted by Gasteiger charge is 2.08. The van der Waals surface area contributed by atoms with Gasteiger partial charge in [-0.25, -0.2) is 0 Å². The third-order valence-electron chi connectivity index (χ3n) is 2.68. The number of hydrogen-bond acceptors (Lipinski definition) is 1. The molecule has 1 aromatic carbocycles. The summed E-state index contributed by atoms with van der Waals surface area (Å²) < 4.78 is 7.56. The average Bonchev–Trinajstić information content (AvgIpc) is 2.59. The van der Waals surface area contributed by atoms with E-state index in [1.165, 1.54) is 16.5 Å². The lowest BCUT2D eigenvalue weighted by atomic mass is 10.1. The van der Waals surface area contributed by atoms with Crippen LogP contribution in [0.2, 0.25) is 0 Å². The Balaban J connectivity index is 2.77. The zero-order valence-corrected chi connectivity index (χ0v) is 8.87. The molecule has 0 bridgehead atoms. The summed E-state index contributed by atoms with van der Waals surface area (Å²) in [6.07, 6.45) is 3.07. The highest BCUT2D eigenvalue weighted by atomic mass is 16.5. The van der Waals surface area contributed by atoms with Crippen molar-refractivity contribution >= 4 is 10.9 Å². The molecule has 0 unspecified atom stereocenters. The summed E-state index contributed by atoms with van der Waals surface area (Å²) in [5, 5.41) is 1.20.